The zero-order valence-electron chi connectivity index (χ0n) is 6.15. The van der Waals surface area contributed by atoms with E-state index >= 15 is 0 Å². The first-order chi connectivity index (χ1) is 5.45. The molecule has 0 bridgehead atoms. The molecule has 0 aromatic carbocycles. The van der Waals surface area contributed by atoms with Crippen LogP contribution in [0.15, 0.2) is 0 Å². The Bertz CT molecular complexity index is 237. The number of thiocarbonyl (C=S) groups is 1. The van der Waals surface area contributed by atoms with Crippen molar-refractivity contribution in [3.63, 3.8) is 0 Å². The Morgan fingerprint density at radius 1 is 1.42 bits per heavy atom. The molecule has 0 radical (unpaired) electrons. The molecule has 0 spiro atoms. The molecule has 0 rings (SSSR count). The summed E-state index contributed by atoms with van der Waals surface area (Å²) >= 11 is 4.58. The van der Waals surface area contributed by atoms with Gasteiger partial charge in [-0.25, -0.2) is 0 Å². The van der Waals surface area contributed by atoms with Gasteiger partial charge in [0.05, 0.1) is 5.75 Å². The molecule has 0 amide bonds. The van der Waals surface area contributed by atoms with Gasteiger partial charge in [-0.2, -0.15) is 8.42 Å². The normalized spacial score (nSPS) is 10.8. The predicted molar refractivity (Wildman–Crippen MR) is 47.2 cm³/mol. The summed E-state index contributed by atoms with van der Waals surface area (Å²) in [5.41, 5.74) is 0. The highest BCUT2D eigenvalue weighted by Crippen LogP contribution is 1.78. The third-order valence-corrected chi connectivity index (χ3v) is 1.89. The van der Waals surface area contributed by atoms with Crippen LogP contribution in [0.5, 0.6) is 0 Å². The monoisotopic (exact) mass is 214 g/mol. The third-order valence-electron chi connectivity index (χ3n) is 0.885. The maximum absolute atomic E-state index is 10.2. The molecule has 0 aliphatic rings. The minimum absolute atomic E-state index is 0.00463. The van der Waals surface area contributed by atoms with E-state index in [1.165, 1.54) is 0 Å². The molecule has 0 unspecified atom stereocenters. The molecule has 0 fully saturated rings. The number of nitrogens with one attached hydrogen (secondary N) is 2. The minimum atomic E-state index is -3.95. The predicted octanol–water partition coefficient (Wildman–Crippen LogP) is -1.71. The Morgan fingerprint density at radius 3 is 2.42 bits per heavy atom. The summed E-state index contributed by atoms with van der Waals surface area (Å²) in [4.78, 5) is 0. The second-order valence-electron chi connectivity index (χ2n) is 1.88. The highest BCUT2D eigenvalue weighted by atomic mass is 32.2. The second kappa shape index (κ2) is 5.25. The first-order valence-corrected chi connectivity index (χ1v) is 5.05. The fourth-order valence-corrected chi connectivity index (χ4v) is 0.954. The van der Waals surface area contributed by atoms with Gasteiger partial charge in [-0.3, -0.25) is 4.55 Å². The molecule has 0 aliphatic carbocycles. The van der Waals surface area contributed by atoms with Crippen LogP contribution in [0.4, 0.5) is 0 Å². The van der Waals surface area contributed by atoms with Crippen LogP contribution in [0.3, 0.4) is 0 Å². The highest BCUT2D eigenvalue weighted by Gasteiger charge is 2.03. The SMILES string of the molecule is O=S(=O)(O)CCNC(=S)NCO. The lowest BCUT2D eigenvalue weighted by molar-refractivity contribution is 0.285. The van der Waals surface area contributed by atoms with Crippen LogP contribution in [0.2, 0.25) is 0 Å². The van der Waals surface area contributed by atoms with E-state index < -0.39 is 15.9 Å². The second-order valence-corrected chi connectivity index (χ2v) is 3.86. The summed E-state index contributed by atoms with van der Waals surface area (Å²) in [6, 6.07) is 0. The maximum atomic E-state index is 10.2. The van der Waals surface area contributed by atoms with Crippen LogP contribution >= 0.6 is 12.2 Å². The molecule has 0 saturated heterocycles. The summed E-state index contributed by atoms with van der Waals surface area (Å²) in [5, 5.41) is 13.2. The van der Waals surface area contributed by atoms with E-state index in [4.69, 9.17) is 9.66 Å². The van der Waals surface area contributed by atoms with Gasteiger partial charge in [-0.1, -0.05) is 0 Å². The molecule has 4 N–H and O–H groups in total. The molecule has 0 saturated carbocycles. The average Bonchev–Trinajstić information content (AvgIpc) is 1.84. The van der Waals surface area contributed by atoms with E-state index in [-0.39, 0.29) is 18.4 Å². The van der Waals surface area contributed by atoms with Gasteiger partial charge < -0.3 is 15.7 Å². The number of rotatable bonds is 4. The number of hydrogen-bond donors (Lipinski definition) is 4. The molecule has 0 aromatic rings. The molecule has 12 heavy (non-hydrogen) atoms. The quantitative estimate of drug-likeness (QED) is 0.251. The van der Waals surface area contributed by atoms with Crippen LogP contribution in [-0.4, -0.2) is 42.2 Å². The Morgan fingerprint density at radius 2 is 2.00 bits per heavy atom. The molecule has 0 heterocycles. The number of hydrogen-bond acceptors (Lipinski definition) is 4. The standard InChI is InChI=1S/C4H10N2O4S2/c7-3-6-4(11)5-1-2-12(8,9)10/h7H,1-3H2,(H2,5,6,11)(H,8,9,10). The summed E-state index contributed by atoms with van der Waals surface area (Å²) in [6.45, 7) is -0.317. The van der Waals surface area contributed by atoms with E-state index in [1.807, 2.05) is 0 Å². The van der Waals surface area contributed by atoms with Crippen molar-refractivity contribution in [2.75, 3.05) is 19.0 Å². The van der Waals surface area contributed by atoms with Crippen molar-refractivity contribution in [3.05, 3.63) is 0 Å². The van der Waals surface area contributed by atoms with Gasteiger partial charge in [0, 0.05) is 6.54 Å². The lowest BCUT2D eigenvalue weighted by Crippen LogP contribution is -2.38. The van der Waals surface area contributed by atoms with Crippen molar-refractivity contribution in [3.8, 4) is 0 Å². The van der Waals surface area contributed by atoms with Crippen molar-refractivity contribution in [2.24, 2.45) is 0 Å². The zero-order valence-corrected chi connectivity index (χ0v) is 7.78. The average molecular weight is 214 g/mol. The van der Waals surface area contributed by atoms with Gasteiger partial charge in [0.1, 0.15) is 6.73 Å². The Balaban J connectivity index is 3.51. The zero-order chi connectivity index (χ0) is 9.61. The van der Waals surface area contributed by atoms with Crippen LogP contribution in [0, 0.1) is 0 Å². The van der Waals surface area contributed by atoms with Gasteiger partial charge in [-0.05, 0) is 12.2 Å². The van der Waals surface area contributed by atoms with Gasteiger partial charge in [0.15, 0.2) is 5.11 Å². The van der Waals surface area contributed by atoms with Gasteiger partial charge in [0.2, 0.25) is 0 Å². The van der Waals surface area contributed by atoms with Crippen molar-refractivity contribution >= 4 is 27.4 Å². The molecule has 0 aromatic heterocycles. The maximum Gasteiger partial charge on any atom is 0.266 e. The lowest BCUT2D eigenvalue weighted by Gasteiger charge is -2.06. The van der Waals surface area contributed by atoms with Crippen molar-refractivity contribution in [1.29, 1.82) is 0 Å². The van der Waals surface area contributed by atoms with Crippen LogP contribution in [0.1, 0.15) is 0 Å². The van der Waals surface area contributed by atoms with Crippen LogP contribution in [-0.2, 0) is 10.1 Å². The Labute approximate surface area is 75.7 Å². The number of aliphatic hydroxyl groups is 1. The first kappa shape index (κ1) is 11.6. The molecule has 0 aliphatic heterocycles. The fourth-order valence-electron chi connectivity index (χ4n) is 0.428. The molecule has 0 atom stereocenters. The minimum Gasteiger partial charge on any atom is -0.377 e. The molecule has 72 valence electrons. The van der Waals surface area contributed by atoms with E-state index in [2.05, 4.69) is 22.9 Å². The first-order valence-electron chi connectivity index (χ1n) is 3.03. The molecule has 6 nitrogen and oxygen atoms in total. The highest BCUT2D eigenvalue weighted by molar-refractivity contribution is 7.85. The summed E-state index contributed by atoms with van der Waals surface area (Å²) in [7, 11) is -3.95. The topological polar surface area (TPSA) is 98.7 Å². The van der Waals surface area contributed by atoms with E-state index in [1.54, 1.807) is 0 Å². The molecular weight excluding hydrogens is 204 g/mol. The van der Waals surface area contributed by atoms with Gasteiger partial charge in [-0.15, -0.1) is 0 Å². The fraction of sp³-hybridized carbons (Fsp3) is 0.750. The van der Waals surface area contributed by atoms with Crippen LogP contribution in [0.25, 0.3) is 0 Å². The summed E-state index contributed by atoms with van der Waals surface area (Å²) < 4.78 is 28.6. The molecular formula is C4H10N2O4S2. The molecule has 8 heteroatoms. The largest absolute Gasteiger partial charge is 0.377 e. The van der Waals surface area contributed by atoms with Crippen molar-refractivity contribution in [1.82, 2.24) is 10.6 Å². The van der Waals surface area contributed by atoms with E-state index in [0.29, 0.717) is 0 Å². The summed E-state index contributed by atoms with van der Waals surface area (Å²) in [5.74, 6) is -0.416. The lowest BCUT2D eigenvalue weighted by atomic mass is 10.7. The smallest absolute Gasteiger partial charge is 0.266 e. The Kier molecular flexibility index (Phi) is 5.06. The Hall–Kier alpha value is -0.440. The number of aliphatic hydroxyl groups excluding tert-OH is 1. The van der Waals surface area contributed by atoms with Gasteiger partial charge in [0.25, 0.3) is 10.1 Å². The van der Waals surface area contributed by atoms with Crippen molar-refractivity contribution in [2.45, 2.75) is 0 Å². The summed E-state index contributed by atoms with van der Waals surface area (Å²) in [6.07, 6.45) is 0. The van der Waals surface area contributed by atoms with Crippen LogP contribution < -0.4 is 10.6 Å². The third kappa shape index (κ3) is 7.66. The van der Waals surface area contributed by atoms with E-state index in [0.717, 1.165) is 0 Å². The van der Waals surface area contributed by atoms with Gasteiger partial charge >= 0.3 is 0 Å². The van der Waals surface area contributed by atoms with Crippen molar-refractivity contribution < 1.29 is 18.1 Å². The van der Waals surface area contributed by atoms with E-state index in [9.17, 15) is 8.42 Å².